The van der Waals surface area contributed by atoms with Gasteiger partial charge in [0.2, 0.25) is 0 Å². The van der Waals surface area contributed by atoms with Crippen molar-refractivity contribution in [1.82, 2.24) is 10.3 Å². The van der Waals surface area contributed by atoms with Crippen LogP contribution < -0.4 is 10.6 Å². The number of aliphatic hydroxyl groups is 1. The van der Waals surface area contributed by atoms with Gasteiger partial charge in [-0.1, -0.05) is 18.2 Å². The first kappa shape index (κ1) is 17.0. The fourth-order valence-corrected chi connectivity index (χ4v) is 2.72. The summed E-state index contributed by atoms with van der Waals surface area (Å²) in [7, 11) is 0. The predicted octanol–water partition coefficient (Wildman–Crippen LogP) is 3.77. The standard InChI is InChI=1S/C19H21N3O3/c1-12-8-9-14-5-3-6-15(18(14)20-12)22-19(24)21-13(2)11-16(23)17-7-4-10-25-17/h3-10,13,16,23H,11H2,1-2H3,(H2,21,22,24). The fourth-order valence-electron chi connectivity index (χ4n) is 2.72. The number of benzene rings is 1. The first-order chi connectivity index (χ1) is 12.0. The minimum Gasteiger partial charge on any atom is -0.467 e. The molecule has 0 spiro atoms. The lowest BCUT2D eigenvalue weighted by atomic mass is 10.1. The summed E-state index contributed by atoms with van der Waals surface area (Å²) in [4.78, 5) is 16.8. The number of aliphatic hydroxyl groups excluding tert-OH is 1. The molecule has 0 aliphatic carbocycles. The first-order valence-electron chi connectivity index (χ1n) is 8.18. The Kier molecular flexibility index (Phi) is 5.00. The maximum absolute atomic E-state index is 12.3. The number of urea groups is 1. The molecule has 0 aliphatic heterocycles. The van der Waals surface area contributed by atoms with E-state index in [1.165, 1.54) is 6.26 Å². The molecule has 0 bridgehead atoms. The van der Waals surface area contributed by atoms with E-state index in [1.54, 1.807) is 12.1 Å². The van der Waals surface area contributed by atoms with Crippen molar-refractivity contribution < 1.29 is 14.3 Å². The summed E-state index contributed by atoms with van der Waals surface area (Å²) < 4.78 is 5.17. The van der Waals surface area contributed by atoms with Gasteiger partial charge in [0, 0.05) is 23.5 Å². The summed E-state index contributed by atoms with van der Waals surface area (Å²) in [5.41, 5.74) is 2.29. The topological polar surface area (TPSA) is 87.4 Å². The third kappa shape index (κ3) is 4.16. The molecule has 130 valence electrons. The molecule has 25 heavy (non-hydrogen) atoms. The van der Waals surface area contributed by atoms with E-state index in [0.717, 1.165) is 16.6 Å². The lowest BCUT2D eigenvalue weighted by molar-refractivity contribution is 0.130. The van der Waals surface area contributed by atoms with Crippen molar-refractivity contribution in [3.8, 4) is 0 Å². The van der Waals surface area contributed by atoms with E-state index < -0.39 is 6.10 Å². The number of carbonyl (C=O) groups is 1. The molecule has 1 aromatic carbocycles. The zero-order valence-electron chi connectivity index (χ0n) is 14.2. The average molecular weight is 339 g/mol. The summed E-state index contributed by atoms with van der Waals surface area (Å²) in [5.74, 6) is 0.489. The Morgan fingerprint density at radius 1 is 1.24 bits per heavy atom. The molecule has 0 fully saturated rings. The normalized spacial score (nSPS) is 13.4. The van der Waals surface area contributed by atoms with Crippen LogP contribution in [0.1, 0.15) is 30.9 Å². The number of hydrogen-bond donors (Lipinski definition) is 3. The Morgan fingerprint density at radius 3 is 2.84 bits per heavy atom. The van der Waals surface area contributed by atoms with Crippen molar-refractivity contribution in [2.75, 3.05) is 5.32 Å². The number of carbonyl (C=O) groups excluding carboxylic acids is 1. The number of hydrogen-bond acceptors (Lipinski definition) is 4. The van der Waals surface area contributed by atoms with Crippen LogP contribution in [0.3, 0.4) is 0 Å². The van der Waals surface area contributed by atoms with Gasteiger partial charge in [0.1, 0.15) is 11.9 Å². The minimum absolute atomic E-state index is 0.232. The summed E-state index contributed by atoms with van der Waals surface area (Å²) in [6.07, 6.45) is 1.11. The molecule has 2 amide bonds. The van der Waals surface area contributed by atoms with Crippen molar-refractivity contribution in [2.24, 2.45) is 0 Å². The number of nitrogens with one attached hydrogen (secondary N) is 2. The van der Waals surface area contributed by atoms with Crippen LogP contribution in [0.15, 0.2) is 53.1 Å². The molecule has 0 saturated heterocycles. The number of furan rings is 1. The van der Waals surface area contributed by atoms with E-state index in [-0.39, 0.29) is 12.1 Å². The first-order valence-corrected chi connectivity index (χ1v) is 8.18. The summed E-state index contributed by atoms with van der Waals surface area (Å²) in [5, 5.41) is 16.7. The van der Waals surface area contributed by atoms with Gasteiger partial charge in [-0.2, -0.15) is 0 Å². The number of para-hydroxylation sites is 1. The number of amides is 2. The smallest absolute Gasteiger partial charge is 0.319 e. The molecule has 0 saturated carbocycles. The molecule has 6 nitrogen and oxygen atoms in total. The number of aryl methyl sites for hydroxylation is 1. The number of pyridine rings is 1. The zero-order chi connectivity index (χ0) is 17.8. The number of anilines is 1. The quantitative estimate of drug-likeness (QED) is 0.660. The molecule has 2 unspecified atom stereocenters. The predicted molar refractivity (Wildman–Crippen MR) is 96.4 cm³/mol. The van der Waals surface area contributed by atoms with Crippen molar-refractivity contribution in [2.45, 2.75) is 32.4 Å². The molecular weight excluding hydrogens is 318 g/mol. The SMILES string of the molecule is Cc1ccc2cccc(NC(=O)NC(C)CC(O)c3ccco3)c2n1. The van der Waals surface area contributed by atoms with E-state index in [9.17, 15) is 9.90 Å². The Bertz CT molecular complexity index is 861. The summed E-state index contributed by atoms with van der Waals surface area (Å²) in [6, 6.07) is 12.4. The molecule has 2 heterocycles. The van der Waals surface area contributed by atoms with Gasteiger partial charge in [0.25, 0.3) is 0 Å². The molecular formula is C19H21N3O3. The van der Waals surface area contributed by atoms with Crippen LogP contribution in [-0.2, 0) is 0 Å². The second-order valence-corrected chi connectivity index (χ2v) is 6.10. The highest BCUT2D eigenvalue weighted by Gasteiger charge is 2.17. The molecule has 2 atom stereocenters. The average Bonchev–Trinajstić information content (AvgIpc) is 3.09. The van der Waals surface area contributed by atoms with Crippen molar-refractivity contribution in [1.29, 1.82) is 0 Å². The highest BCUT2D eigenvalue weighted by molar-refractivity contribution is 5.99. The van der Waals surface area contributed by atoms with Gasteiger partial charge in [-0.25, -0.2) is 4.79 Å². The Labute approximate surface area is 145 Å². The third-order valence-corrected chi connectivity index (χ3v) is 3.93. The van der Waals surface area contributed by atoms with E-state index in [2.05, 4.69) is 15.6 Å². The summed E-state index contributed by atoms with van der Waals surface area (Å²) >= 11 is 0. The molecule has 0 radical (unpaired) electrons. The van der Waals surface area contributed by atoms with Crippen LogP contribution in [0.5, 0.6) is 0 Å². The number of rotatable bonds is 5. The van der Waals surface area contributed by atoms with E-state index in [0.29, 0.717) is 17.9 Å². The Balaban J connectivity index is 1.63. The monoisotopic (exact) mass is 339 g/mol. The molecule has 2 aromatic heterocycles. The summed E-state index contributed by atoms with van der Waals surface area (Å²) in [6.45, 7) is 3.74. The van der Waals surface area contributed by atoms with Gasteiger partial charge in [0.15, 0.2) is 0 Å². The third-order valence-electron chi connectivity index (χ3n) is 3.93. The lowest BCUT2D eigenvalue weighted by Gasteiger charge is -2.17. The second kappa shape index (κ2) is 7.36. The number of nitrogens with zero attached hydrogens (tertiary/aromatic N) is 1. The number of aromatic nitrogens is 1. The fraction of sp³-hybridized carbons (Fsp3) is 0.263. The van der Waals surface area contributed by atoms with E-state index >= 15 is 0 Å². The van der Waals surface area contributed by atoms with Crippen LogP contribution in [0.4, 0.5) is 10.5 Å². The van der Waals surface area contributed by atoms with Crippen molar-refractivity contribution in [3.63, 3.8) is 0 Å². The van der Waals surface area contributed by atoms with Crippen LogP contribution in [0, 0.1) is 6.92 Å². The van der Waals surface area contributed by atoms with E-state index in [1.807, 2.05) is 44.2 Å². The van der Waals surface area contributed by atoms with Crippen molar-refractivity contribution in [3.05, 3.63) is 60.2 Å². The highest BCUT2D eigenvalue weighted by Crippen LogP contribution is 2.22. The highest BCUT2D eigenvalue weighted by atomic mass is 16.4. The maximum Gasteiger partial charge on any atom is 0.319 e. The van der Waals surface area contributed by atoms with Gasteiger partial charge in [-0.05, 0) is 38.1 Å². The zero-order valence-corrected chi connectivity index (χ0v) is 14.2. The van der Waals surface area contributed by atoms with Crippen LogP contribution in [-0.4, -0.2) is 22.2 Å². The Morgan fingerprint density at radius 2 is 2.08 bits per heavy atom. The van der Waals surface area contributed by atoms with Crippen LogP contribution in [0.2, 0.25) is 0 Å². The lowest BCUT2D eigenvalue weighted by Crippen LogP contribution is -2.37. The van der Waals surface area contributed by atoms with E-state index in [4.69, 9.17) is 4.42 Å². The molecule has 0 aliphatic rings. The van der Waals surface area contributed by atoms with Crippen LogP contribution in [0.25, 0.3) is 10.9 Å². The van der Waals surface area contributed by atoms with Gasteiger partial charge < -0.3 is 20.2 Å². The van der Waals surface area contributed by atoms with Crippen LogP contribution >= 0.6 is 0 Å². The number of fused-ring (bicyclic) bond motifs is 1. The largest absolute Gasteiger partial charge is 0.467 e. The van der Waals surface area contributed by atoms with Gasteiger partial charge in [-0.3, -0.25) is 4.98 Å². The molecule has 3 N–H and O–H groups in total. The second-order valence-electron chi connectivity index (χ2n) is 6.10. The van der Waals surface area contributed by atoms with Gasteiger partial charge >= 0.3 is 6.03 Å². The molecule has 6 heteroatoms. The van der Waals surface area contributed by atoms with Gasteiger partial charge in [-0.15, -0.1) is 0 Å². The molecule has 3 aromatic rings. The van der Waals surface area contributed by atoms with Gasteiger partial charge in [0.05, 0.1) is 17.5 Å². The minimum atomic E-state index is -0.757. The van der Waals surface area contributed by atoms with Crippen molar-refractivity contribution >= 4 is 22.6 Å². The Hall–Kier alpha value is -2.86. The maximum atomic E-state index is 12.3. The molecule has 3 rings (SSSR count).